The molecule has 2 aromatic carbocycles. The van der Waals surface area contributed by atoms with Crippen molar-refractivity contribution in [3.05, 3.63) is 59.5 Å². The van der Waals surface area contributed by atoms with Gasteiger partial charge in [-0.15, -0.1) is 11.3 Å². The predicted molar refractivity (Wildman–Crippen MR) is 86.3 cm³/mol. The van der Waals surface area contributed by atoms with Crippen molar-refractivity contribution in [3.63, 3.8) is 0 Å². The number of carbonyl (C=O) groups is 1. The Bertz CT molecular complexity index is 742. The van der Waals surface area contributed by atoms with Gasteiger partial charge in [0.2, 0.25) is 0 Å². The molecule has 0 unspecified atom stereocenters. The molecule has 0 N–H and O–H groups in total. The van der Waals surface area contributed by atoms with Crippen LogP contribution in [0.3, 0.4) is 0 Å². The number of rotatable bonds is 4. The van der Waals surface area contributed by atoms with Crippen LogP contribution in [-0.2, 0) is 0 Å². The lowest BCUT2D eigenvalue weighted by atomic mass is 10.1. The van der Waals surface area contributed by atoms with Crippen LogP contribution in [0.25, 0.3) is 10.8 Å². The maximum absolute atomic E-state index is 10.9. The first-order valence-corrected chi connectivity index (χ1v) is 7.45. The maximum Gasteiger partial charge on any atom is 0.160 e. The SMILES string of the molecule is CCN(c1ccc(C=O)s1)c1cccc2ccccc12. The second-order valence-electron chi connectivity index (χ2n) is 4.54. The van der Waals surface area contributed by atoms with Crippen LogP contribution in [0.2, 0.25) is 0 Å². The molecule has 0 bridgehead atoms. The van der Waals surface area contributed by atoms with Crippen molar-refractivity contribution in [2.45, 2.75) is 6.92 Å². The summed E-state index contributed by atoms with van der Waals surface area (Å²) in [5.74, 6) is 0. The summed E-state index contributed by atoms with van der Waals surface area (Å²) in [5, 5.41) is 3.57. The van der Waals surface area contributed by atoms with Crippen LogP contribution in [0, 0.1) is 0 Å². The Morgan fingerprint density at radius 3 is 2.60 bits per heavy atom. The molecule has 20 heavy (non-hydrogen) atoms. The minimum Gasteiger partial charge on any atom is -0.333 e. The summed E-state index contributed by atoms with van der Waals surface area (Å²) >= 11 is 1.53. The molecule has 100 valence electrons. The molecule has 0 aliphatic rings. The van der Waals surface area contributed by atoms with Crippen molar-refractivity contribution >= 4 is 39.1 Å². The topological polar surface area (TPSA) is 20.3 Å². The molecule has 2 nitrogen and oxygen atoms in total. The van der Waals surface area contributed by atoms with Crippen LogP contribution >= 0.6 is 11.3 Å². The summed E-state index contributed by atoms with van der Waals surface area (Å²) in [7, 11) is 0. The smallest absolute Gasteiger partial charge is 0.160 e. The Hall–Kier alpha value is -2.13. The molecule has 0 atom stereocenters. The van der Waals surface area contributed by atoms with Gasteiger partial charge in [-0.05, 0) is 30.5 Å². The first kappa shape index (κ1) is 12.9. The largest absolute Gasteiger partial charge is 0.333 e. The molecule has 0 aliphatic carbocycles. The van der Waals surface area contributed by atoms with E-state index in [1.807, 2.05) is 12.1 Å². The lowest BCUT2D eigenvalue weighted by Gasteiger charge is -2.23. The Kier molecular flexibility index (Phi) is 3.52. The van der Waals surface area contributed by atoms with Crippen LogP contribution in [0.15, 0.2) is 54.6 Å². The van der Waals surface area contributed by atoms with Gasteiger partial charge in [-0.2, -0.15) is 0 Å². The molecule has 0 aliphatic heterocycles. The summed E-state index contributed by atoms with van der Waals surface area (Å²) in [6.07, 6.45) is 0.908. The molecule has 0 fully saturated rings. The zero-order valence-corrected chi connectivity index (χ0v) is 12.1. The fourth-order valence-corrected chi connectivity index (χ4v) is 3.34. The zero-order chi connectivity index (χ0) is 13.9. The Morgan fingerprint density at radius 2 is 1.85 bits per heavy atom. The van der Waals surface area contributed by atoms with Crippen LogP contribution in [0.1, 0.15) is 16.6 Å². The second-order valence-corrected chi connectivity index (χ2v) is 5.63. The van der Waals surface area contributed by atoms with Crippen LogP contribution < -0.4 is 4.90 Å². The van der Waals surface area contributed by atoms with Gasteiger partial charge in [-0.1, -0.05) is 36.4 Å². The highest BCUT2D eigenvalue weighted by molar-refractivity contribution is 7.17. The van der Waals surface area contributed by atoms with Gasteiger partial charge in [0.25, 0.3) is 0 Å². The van der Waals surface area contributed by atoms with E-state index in [-0.39, 0.29) is 0 Å². The number of anilines is 2. The summed E-state index contributed by atoms with van der Waals surface area (Å²) in [4.78, 5) is 13.9. The Morgan fingerprint density at radius 1 is 1.05 bits per heavy atom. The number of aldehydes is 1. The lowest BCUT2D eigenvalue weighted by molar-refractivity contribution is 0.112. The first-order valence-electron chi connectivity index (χ1n) is 6.64. The third kappa shape index (κ3) is 2.21. The van der Waals surface area contributed by atoms with E-state index in [2.05, 4.69) is 54.3 Å². The minimum absolute atomic E-state index is 0.763. The van der Waals surface area contributed by atoms with E-state index >= 15 is 0 Å². The third-order valence-corrected chi connectivity index (χ3v) is 4.40. The standard InChI is InChI=1S/C17H15NOS/c1-2-18(17-11-10-14(12-19)20-17)16-9-5-7-13-6-3-4-8-15(13)16/h3-12H,2H2,1H3. The molecular formula is C17H15NOS. The molecule has 3 rings (SSSR count). The zero-order valence-electron chi connectivity index (χ0n) is 11.2. The van der Waals surface area contributed by atoms with Gasteiger partial charge in [-0.3, -0.25) is 4.79 Å². The molecule has 3 aromatic rings. The van der Waals surface area contributed by atoms with Crippen molar-refractivity contribution in [2.75, 3.05) is 11.4 Å². The monoisotopic (exact) mass is 281 g/mol. The summed E-state index contributed by atoms with van der Waals surface area (Å²) in [5.41, 5.74) is 1.19. The summed E-state index contributed by atoms with van der Waals surface area (Å²) in [6, 6.07) is 18.6. The fourth-order valence-electron chi connectivity index (χ4n) is 2.44. The molecule has 0 saturated carbocycles. The van der Waals surface area contributed by atoms with Crippen LogP contribution in [0.4, 0.5) is 10.7 Å². The molecule has 1 aromatic heterocycles. The lowest BCUT2D eigenvalue weighted by Crippen LogP contribution is -2.14. The first-order chi connectivity index (χ1) is 9.83. The van der Waals surface area contributed by atoms with Crippen molar-refractivity contribution in [3.8, 4) is 0 Å². The van der Waals surface area contributed by atoms with Crippen LogP contribution in [0.5, 0.6) is 0 Å². The number of fused-ring (bicyclic) bond motifs is 1. The van der Waals surface area contributed by atoms with Gasteiger partial charge >= 0.3 is 0 Å². The number of benzene rings is 2. The fraction of sp³-hybridized carbons (Fsp3) is 0.118. The van der Waals surface area contributed by atoms with Gasteiger partial charge in [-0.25, -0.2) is 0 Å². The Balaban J connectivity index is 2.13. The third-order valence-electron chi connectivity index (χ3n) is 3.37. The van der Waals surface area contributed by atoms with E-state index in [1.165, 1.54) is 27.8 Å². The molecule has 0 spiro atoms. The highest BCUT2D eigenvalue weighted by Crippen LogP contribution is 2.35. The summed E-state index contributed by atoms with van der Waals surface area (Å²) < 4.78 is 0. The molecular weight excluding hydrogens is 266 g/mol. The normalized spacial score (nSPS) is 10.7. The van der Waals surface area contributed by atoms with Gasteiger partial charge in [0.1, 0.15) is 0 Å². The van der Waals surface area contributed by atoms with E-state index in [0.29, 0.717) is 0 Å². The van der Waals surface area contributed by atoms with E-state index in [9.17, 15) is 4.79 Å². The van der Waals surface area contributed by atoms with Gasteiger partial charge in [0.05, 0.1) is 9.88 Å². The van der Waals surface area contributed by atoms with E-state index in [1.54, 1.807) is 0 Å². The highest BCUT2D eigenvalue weighted by atomic mass is 32.1. The van der Waals surface area contributed by atoms with Gasteiger partial charge in [0, 0.05) is 17.6 Å². The van der Waals surface area contributed by atoms with Crippen molar-refractivity contribution < 1.29 is 4.79 Å². The van der Waals surface area contributed by atoms with Crippen molar-refractivity contribution in [1.82, 2.24) is 0 Å². The molecule has 3 heteroatoms. The minimum atomic E-state index is 0.763. The highest BCUT2D eigenvalue weighted by Gasteiger charge is 2.12. The molecule has 1 heterocycles. The summed E-state index contributed by atoms with van der Waals surface area (Å²) in [6.45, 7) is 2.99. The second kappa shape index (κ2) is 5.47. The molecule has 0 amide bonds. The van der Waals surface area contributed by atoms with Crippen molar-refractivity contribution in [1.29, 1.82) is 0 Å². The number of thiophene rings is 1. The number of nitrogens with zero attached hydrogens (tertiary/aromatic N) is 1. The van der Waals surface area contributed by atoms with Gasteiger partial charge in [0.15, 0.2) is 6.29 Å². The number of carbonyl (C=O) groups excluding carboxylic acids is 1. The predicted octanol–water partition coefficient (Wildman–Crippen LogP) is 4.87. The van der Waals surface area contributed by atoms with Crippen LogP contribution in [-0.4, -0.2) is 12.8 Å². The molecule has 0 radical (unpaired) electrons. The van der Waals surface area contributed by atoms with E-state index < -0.39 is 0 Å². The Labute approximate surface area is 122 Å². The number of hydrogen-bond donors (Lipinski definition) is 0. The van der Waals surface area contributed by atoms with E-state index in [0.717, 1.165) is 22.7 Å². The van der Waals surface area contributed by atoms with Gasteiger partial charge < -0.3 is 4.90 Å². The maximum atomic E-state index is 10.9. The average Bonchev–Trinajstić information content (AvgIpc) is 2.97. The average molecular weight is 281 g/mol. The van der Waals surface area contributed by atoms with Crippen molar-refractivity contribution in [2.24, 2.45) is 0 Å². The quantitative estimate of drug-likeness (QED) is 0.636. The van der Waals surface area contributed by atoms with E-state index in [4.69, 9.17) is 0 Å². The number of hydrogen-bond acceptors (Lipinski definition) is 3. The molecule has 0 saturated heterocycles.